The van der Waals surface area contributed by atoms with Crippen LogP contribution >= 0.6 is 0 Å². The van der Waals surface area contributed by atoms with Crippen molar-refractivity contribution in [2.24, 2.45) is 0 Å². The number of rotatable bonds is 6. The van der Waals surface area contributed by atoms with Gasteiger partial charge in [-0.15, -0.1) is 0 Å². The van der Waals surface area contributed by atoms with Crippen molar-refractivity contribution < 1.29 is 9.47 Å². The van der Waals surface area contributed by atoms with E-state index >= 15 is 0 Å². The Morgan fingerprint density at radius 2 is 1.53 bits per heavy atom. The molecule has 4 nitrogen and oxygen atoms in total. The molecule has 1 aromatic carbocycles. The van der Waals surface area contributed by atoms with Crippen molar-refractivity contribution in [1.82, 2.24) is 9.80 Å². The van der Waals surface area contributed by atoms with Crippen molar-refractivity contribution in [2.75, 3.05) is 53.0 Å². The van der Waals surface area contributed by atoms with Gasteiger partial charge in [-0.3, -0.25) is 4.90 Å². The molecular formula is C15H24N2O2. The lowest BCUT2D eigenvalue weighted by atomic mass is 10.3. The second-order valence-corrected chi connectivity index (χ2v) is 4.80. The van der Waals surface area contributed by atoms with Crippen LogP contribution in [-0.4, -0.2) is 62.8 Å². The minimum atomic E-state index is 0.748. The number of nitrogens with zero attached hydrogens (tertiary/aromatic N) is 2. The molecule has 0 radical (unpaired) electrons. The number of hydrogen-bond acceptors (Lipinski definition) is 4. The zero-order valence-corrected chi connectivity index (χ0v) is 12.0. The van der Waals surface area contributed by atoms with Gasteiger partial charge in [0.1, 0.15) is 18.1 Å². The van der Waals surface area contributed by atoms with Gasteiger partial charge in [-0.05, 0) is 30.8 Å². The summed E-state index contributed by atoms with van der Waals surface area (Å²) in [6.07, 6.45) is 0. The summed E-state index contributed by atoms with van der Waals surface area (Å²) in [4.78, 5) is 4.95. The molecule has 1 heterocycles. The highest BCUT2D eigenvalue weighted by molar-refractivity contribution is 5.31. The van der Waals surface area contributed by atoms with Crippen LogP contribution in [0.4, 0.5) is 0 Å². The molecule has 2 rings (SSSR count). The van der Waals surface area contributed by atoms with Gasteiger partial charge < -0.3 is 14.4 Å². The highest BCUT2D eigenvalue weighted by Gasteiger charge is 2.14. The van der Waals surface area contributed by atoms with Crippen molar-refractivity contribution in [3.05, 3.63) is 24.3 Å². The smallest absolute Gasteiger partial charge is 0.119 e. The van der Waals surface area contributed by atoms with E-state index in [0.29, 0.717) is 0 Å². The molecule has 0 amide bonds. The third kappa shape index (κ3) is 4.40. The molecule has 0 N–H and O–H groups in total. The molecule has 1 aliphatic heterocycles. The molecule has 0 atom stereocenters. The quantitative estimate of drug-likeness (QED) is 0.781. The van der Waals surface area contributed by atoms with Gasteiger partial charge in [0.05, 0.1) is 7.11 Å². The Morgan fingerprint density at radius 1 is 0.947 bits per heavy atom. The number of piperazine rings is 1. The van der Waals surface area contributed by atoms with Crippen LogP contribution in [-0.2, 0) is 0 Å². The Morgan fingerprint density at radius 3 is 2.11 bits per heavy atom. The van der Waals surface area contributed by atoms with Gasteiger partial charge in [0.2, 0.25) is 0 Å². The molecule has 1 fully saturated rings. The van der Waals surface area contributed by atoms with Crippen molar-refractivity contribution in [2.45, 2.75) is 6.92 Å². The van der Waals surface area contributed by atoms with Crippen LogP contribution < -0.4 is 9.47 Å². The SMILES string of the molecule is CCN1CCN(CCOc2ccc(OC)cc2)CC1. The van der Waals surface area contributed by atoms with E-state index in [1.165, 1.54) is 13.1 Å². The minimum absolute atomic E-state index is 0.748. The van der Waals surface area contributed by atoms with E-state index < -0.39 is 0 Å². The highest BCUT2D eigenvalue weighted by atomic mass is 16.5. The molecule has 1 saturated heterocycles. The largest absolute Gasteiger partial charge is 0.497 e. The Kier molecular flexibility index (Phi) is 5.48. The van der Waals surface area contributed by atoms with Gasteiger partial charge >= 0.3 is 0 Å². The maximum Gasteiger partial charge on any atom is 0.119 e. The van der Waals surface area contributed by atoms with Crippen LogP contribution in [0, 0.1) is 0 Å². The Labute approximate surface area is 115 Å². The lowest BCUT2D eigenvalue weighted by molar-refractivity contribution is 0.121. The molecule has 1 aliphatic rings. The molecule has 106 valence electrons. The number of ether oxygens (including phenoxy) is 2. The maximum atomic E-state index is 5.75. The summed E-state index contributed by atoms with van der Waals surface area (Å²) in [6.45, 7) is 9.80. The summed E-state index contributed by atoms with van der Waals surface area (Å²) in [5.41, 5.74) is 0. The van der Waals surface area contributed by atoms with Gasteiger partial charge in [0.15, 0.2) is 0 Å². The Balaban J connectivity index is 1.66. The van der Waals surface area contributed by atoms with E-state index in [4.69, 9.17) is 9.47 Å². The number of hydrogen-bond donors (Lipinski definition) is 0. The summed E-state index contributed by atoms with van der Waals surface area (Å²) in [5, 5.41) is 0. The Bertz CT molecular complexity index is 359. The van der Waals surface area contributed by atoms with Gasteiger partial charge in [-0.25, -0.2) is 0 Å². The predicted octanol–water partition coefficient (Wildman–Crippen LogP) is 1.71. The normalized spacial score (nSPS) is 17.4. The zero-order valence-electron chi connectivity index (χ0n) is 12.0. The van der Waals surface area contributed by atoms with Crippen molar-refractivity contribution in [3.63, 3.8) is 0 Å². The first-order chi connectivity index (χ1) is 9.31. The van der Waals surface area contributed by atoms with E-state index in [1.807, 2.05) is 24.3 Å². The second kappa shape index (κ2) is 7.36. The molecule has 0 aliphatic carbocycles. The summed E-state index contributed by atoms with van der Waals surface area (Å²) < 4.78 is 10.9. The fourth-order valence-corrected chi connectivity index (χ4v) is 2.29. The van der Waals surface area contributed by atoms with Crippen molar-refractivity contribution >= 4 is 0 Å². The van der Waals surface area contributed by atoms with Gasteiger partial charge in [-0.2, -0.15) is 0 Å². The average molecular weight is 264 g/mol. The van der Waals surface area contributed by atoms with E-state index in [2.05, 4.69) is 16.7 Å². The van der Waals surface area contributed by atoms with Gasteiger partial charge in [0, 0.05) is 32.7 Å². The molecule has 0 aromatic heterocycles. The van der Waals surface area contributed by atoms with E-state index in [9.17, 15) is 0 Å². The molecule has 1 aromatic rings. The van der Waals surface area contributed by atoms with Crippen molar-refractivity contribution in [1.29, 1.82) is 0 Å². The molecule has 0 saturated carbocycles. The standard InChI is InChI=1S/C15H24N2O2/c1-3-16-8-10-17(11-9-16)12-13-19-15-6-4-14(18-2)5-7-15/h4-7H,3,8-13H2,1-2H3. The number of methoxy groups -OCH3 is 1. The van der Waals surface area contributed by atoms with E-state index in [1.54, 1.807) is 7.11 Å². The van der Waals surface area contributed by atoms with Gasteiger partial charge in [0.25, 0.3) is 0 Å². The van der Waals surface area contributed by atoms with E-state index in [0.717, 1.165) is 44.3 Å². The van der Waals surface area contributed by atoms with Crippen LogP contribution in [0.2, 0.25) is 0 Å². The fraction of sp³-hybridized carbons (Fsp3) is 0.600. The second-order valence-electron chi connectivity index (χ2n) is 4.80. The van der Waals surface area contributed by atoms with Crippen LogP contribution in [0.5, 0.6) is 11.5 Å². The zero-order chi connectivity index (χ0) is 13.5. The maximum absolute atomic E-state index is 5.75. The lowest BCUT2D eigenvalue weighted by Gasteiger charge is -2.33. The van der Waals surface area contributed by atoms with Crippen LogP contribution in [0.1, 0.15) is 6.92 Å². The van der Waals surface area contributed by atoms with Crippen LogP contribution in [0.25, 0.3) is 0 Å². The predicted molar refractivity (Wildman–Crippen MR) is 77.0 cm³/mol. The molecular weight excluding hydrogens is 240 g/mol. The van der Waals surface area contributed by atoms with Gasteiger partial charge in [-0.1, -0.05) is 6.92 Å². The third-order valence-electron chi connectivity index (χ3n) is 3.65. The molecule has 4 heteroatoms. The number of likely N-dealkylation sites (N-methyl/N-ethyl adjacent to an activating group) is 1. The first-order valence-electron chi connectivity index (χ1n) is 7.03. The summed E-state index contributed by atoms with van der Waals surface area (Å²) >= 11 is 0. The molecule has 0 bridgehead atoms. The number of benzene rings is 1. The van der Waals surface area contributed by atoms with Crippen LogP contribution in [0.3, 0.4) is 0 Å². The molecule has 0 unspecified atom stereocenters. The molecule has 19 heavy (non-hydrogen) atoms. The highest BCUT2D eigenvalue weighted by Crippen LogP contribution is 2.16. The minimum Gasteiger partial charge on any atom is -0.497 e. The topological polar surface area (TPSA) is 24.9 Å². The van der Waals surface area contributed by atoms with Crippen molar-refractivity contribution in [3.8, 4) is 11.5 Å². The van der Waals surface area contributed by atoms with Crippen LogP contribution in [0.15, 0.2) is 24.3 Å². The lowest BCUT2D eigenvalue weighted by Crippen LogP contribution is -2.47. The van der Waals surface area contributed by atoms with E-state index in [-0.39, 0.29) is 0 Å². The summed E-state index contributed by atoms with van der Waals surface area (Å²) in [7, 11) is 1.67. The molecule has 0 spiro atoms. The Hall–Kier alpha value is -1.26. The first kappa shape index (κ1) is 14.2. The first-order valence-corrected chi connectivity index (χ1v) is 7.03. The fourth-order valence-electron chi connectivity index (χ4n) is 2.29. The summed E-state index contributed by atoms with van der Waals surface area (Å²) in [6, 6.07) is 7.76. The third-order valence-corrected chi connectivity index (χ3v) is 3.65. The average Bonchev–Trinajstić information content (AvgIpc) is 2.49. The monoisotopic (exact) mass is 264 g/mol. The summed E-state index contributed by atoms with van der Waals surface area (Å²) in [5.74, 6) is 1.77.